The van der Waals surface area contributed by atoms with Crippen molar-refractivity contribution in [1.82, 2.24) is 0 Å². The van der Waals surface area contributed by atoms with Crippen LogP contribution < -0.4 is 0 Å². The van der Waals surface area contributed by atoms with Crippen molar-refractivity contribution in [2.24, 2.45) is 0 Å². The molecule has 0 N–H and O–H groups in total. The third-order valence-electron chi connectivity index (χ3n) is 1.95. The molecule has 1 aliphatic rings. The number of nitrogens with zero attached hydrogens (tertiary/aromatic N) is 1. The molecule has 4 heteroatoms. The number of carbonyl (C=O) groups is 1. The molecule has 0 radical (unpaired) electrons. The first-order chi connectivity index (χ1) is 6.33. The fourth-order valence-electron chi connectivity index (χ4n) is 1.25. The Bertz CT molecular complexity index is 255. The van der Waals surface area contributed by atoms with Gasteiger partial charge in [-0.15, -0.1) is 0 Å². The molecule has 0 aromatic carbocycles. The van der Waals surface area contributed by atoms with Crippen molar-refractivity contribution in [3.63, 3.8) is 0 Å². The molecule has 1 amide bonds. The minimum atomic E-state index is -0.881. The average molecular weight is 199 g/mol. The normalized spacial score (nSPS) is 27.4. The Hall–Kier alpha value is -0.870. The monoisotopic (exact) mass is 199 g/mol. The van der Waals surface area contributed by atoms with Gasteiger partial charge in [-0.1, -0.05) is 6.08 Å². The van der Waals surface area contributed by atoms with Gasteiger partial charge in [-0.25, -0.2) is 0 Å². The molecule has 4 nitrogen and oxygen atoms in total. The van der Waals surface area contributed by atoms with Gasteiger partial charge in [-0.3, -0.25) is 4.65 Å². The summed E-state index contributed by atoms with van der Waals surface area (Å²) >= 11 is 0. The molecule has 0 bridgehead atoms. The lowest BCUT2D eigenvalue weighted by Crippen LogP contribution is -2.51. The maximum atomic E-state index is 11.9. The SMILES string of the molecule is CC(C)(C)OC(=O)[N+]1([O-])CC=CCC1. The second-order valence-electron chi connectivity index (χ2n) is 4.54. The number of amides is 1. The smallest absolute Gasteiger partial charge is 0.516 e. The van der Waals surface area contributed by atoms with E-state index < -0.39 is 16.3 Å². The van der Waals surface area contributed by atoms with E-state index in [1.165, 1.54) is 0 Å². The second kappa shape index (κ2) is 3.71. The quantitative estimate of drug-likeness (QED) is 0.341. The molecular formula is C10H17NO3. The van der Waals surface area contributed by atoms with Crippen LogP contribution in [0, 0.1) is 5.21 Å². The summed E-state index contributed by atoms with van der Waals surface area (Å²) in [6.07, 6.45) is 3.61. The number of hydrogen-bond donors (Lipinski definition) is 0. The highest BCUT2D eigenvalue weighted by Crippen LogP contribution is 2.18. The molecule has 0 aromatic rings. The summed E-state index contributed by atoms with van der Waals surface area (Å²) in [5, 5.41) is 11.9. The molecule has 14 heavy (non-hydrogen) atoms. The molecule has 0 aromatic heterocycles. The van der Waals surface area contributed by atoms with Crippen LogP contribution in [0.4, 0.5) is 4.79 Å². The topological polar surface area (TPSA) is 49.4 Å². The molecular weight excluding hydrogens is 182 g/mol. The zero-order chi connectivity index (χ0) is 10.8. The van der Waals surface area contributed by atoms with E-state index in [0.29, 0.717) is 6.42 Å². The molecule has 0 aliphatic carbocycles. The van der Waals surface area contributed by atoms with Gasteiger partial charge in [0.25, 0.3) is 0 Å². The van der Waals surface area contributed by atoms with Crippen molar-refractivity contribution in [3.8, 4) is 0 Å². The predicted molar refractivity (Wildman–Crippen MR) is 53.4 cm³/mol. The highest BCUT2D eigenvalue weighted by Gasteiger charge is 2.32. The van der Waals surface area contributed by atoms with Gasteiger partial charge in [0.1, 0.15) is 12.1 Å². The van der Waals surface area contributed by atoms with Gasteiger partial charge in [0.15, 0.2) is 0 Å². The largest absolute Gasteiger partial charge is 0.622 e. The Balaban J connectivity index is 2.64. The lowest BCUT2D eigenvalue weighted by Gasteiger charge is -2.40. The van der Waals surface area contributed by atoms with E-state index in [1.54, 1.807) is 26.8 Å². The first-order valence-corrected chi connectivity index (χ1v) is 4.80. The fraction of sp³-hybridized carbons (Fsp3) is 0.700. The molecule has 1 aliphatic heterocycles. The van der Waals surface area contributed by atoms with Crippen LogP contribution in [0.2, 0.25) is 0 Å². The minimum Gasteiger partial charge on any atom is -0.622 e. The van der Waals surface area contributed by atoms with Crippen LogP contribution in [-0.4, -0.2) is 29.4 Å². The summed E-state index contributed by atoms with van der Waals surface area (Å²) in [5.41, 5.74) is -0.589. The van der Waals surface area contributed by atoms with Crippen molar-refractivity contribution in [2.75, 3.05) is 13.1 Å². The van der Waals surface area contributed by atoms with E-state index in [1.807, 2.05) is 6.08 Å². The highest BCUT2D eigenvalue weighted by atomic mass is 16.7. The molecule has 80 valence electrons. The van der Waals surface area contributed by atoms with E-state index in [0.717, 1.165) is 0 Å². The predicted octanol–water partition coefficient (Wildman–Crippen LogP) is 2.20. The lowest BCUT2D eigenvalue weighted by molar-refractivity contribution is -0.803. The minimum absolute atomic E-state index is 0.189. The van der Waals surface area contributed by atoms with Gasteiger partial charge < -0.3 is 9.94 Å². The summed E-state index contributed by atoms with van der Waals surface area (Å²) in [7, 11) is 0. The Kier molecular flexibility index (Phi) is 2.97. The van der Waals surface area contributed by atoms with Gasteiger partial charge in [-0.2, -0.15) is 4.79 Å². The van der Waals surface area contributed by atoms with E-state index in [9.17, 15) is 10.0 Å². The van der Waals surface area contributed by atoms with Crippen LogP contribution in [0.1, 0.15) is 27.2 Å². The molecule has 1 unspecified atom stereocenters. The van der Waals surface area contributed by atoms with Crippen molar-refractivity contribution >= 4 is 6.09 Å². The number of hydroxylamine groups is 3. The number of rotatable bonds is 0. The Morgan fingerprint density at radius 2 is 2.07 bits per heavy atom. The third kappa shape index (κ3) is 2.82. The van der Waals surface area contributed by atoms with Crippen LogP contribution in [0.25, 0.3) is 0 Å². The van der Waals surface area contributed by atoms with E-state index >= 15 is 0 Å². The summed E-state index contributed by atoms with van der Waals surface area (Å²) < 4.78 is 4.19. The zero-order valence-electron chi connectivity index (χ0n) is 8.95. The molecule has 1 rings (SSSR count). The first kappa shape index (κ1) is 11.2. The number of hydrogen-bond acceptors (Lipinski definition) is 3. The molecule has 1 heterocycles. The average Bonchev–Trinajstić information content (AvgIpc) is 2.02. The van der Waals surface area contributed by atoms with Crippen molar-refractivity contribution in [1.29, 1.82) is 0 Å². The number of ether oxygens (including phenoxy) is 1. The van der Waals surface area contributed by atoms with Gasteiger partial charge in [0.05, 0.1) is 6.54 Å². The molecule has 0 saturated carbocycles. The van der Waals surface area contributed by atoms with Crippen LogP contribution in [-0.2, 0) is 4.74 Å². The van der Waals surface area contributed by atoms with Gasteiger partial charge >= 0.3 is 6.09 Å². The van der Waals surface area contributed by atoms with Crippen LogP contribution in [0.15, 0.2) is 12.2 Å². The molecule has 1 atom stereocenters. The first-order valence-electron chi connectivity index (χ1n) is 4.80. The molecule has 0 saturated heterocycles. The van der Waals surface area contributed by atoms with Crippen LogP contribution in [0.3, 0.4) is 0 Å². The fourth-order valence-corrected chi connectivity index (χ4v) is 1.25. The summed E-state index contributed by atoms with van der Waals surface area (Å²) in [6, 6.07) is 0. The van der Waals surface area contributed by atoms with E-state index in [4.69, 9.17) is 4.74 Å². The Morgan fingerprint density at radius 3 is 2.50 bits per heavy atom. The van der Waals surface area contributed by atoms with Gasteiger partial charge in [0.2, 0.25) is 0 Å². The zero-order valence-corrected chi connectivity index (χ0v) is 8.95. The highest BCUT2D eigenvalue weighted by molar-refractivity contribution is 5.60. The van der Waals surface area contributed by atoms with Crippen LogP contribution in [0.5, 0.6) is 0 Å². The van der Waals surface area contributed by atoms with Crippen molar-refractivity contribution < 1.29 is 14.2 Å². The summed E-state index contributed by atoms with van der Waals surface area (Å²) in [5.74, 6) is 0. The molecule has 0 spiro atoms. The van der Waals surface area contributed by atoms with E-state index in [2.05, 4.69) is 0 Å². The molecule has 0 fully saturated rings. The third-order valence-corrected chi connectivity index (χ3v) is 1.95. The maximum Gasteiger partial charge on any atom is 0.516 e. The number of carbonyl (C=O) groups excluding carboxylic acids is 1. The Morgan fingerprint density at radius 1 is 1.43 bits per heavy atom. The lowest BCUT2D eigenvalue weighted by atomic mass is 10.2. The van der Waals surface area contributed by atoms with Gasteiger partial charge in [-0.05, 0) is 26.8 Å². The van der Waals surface area contributed by atoms with Crippen molar-refractivity contribution in [2.45, 2.75) is 32.8 Å². The van der Waals surface area contributed by atoms with Crippen molar-refractivity contribution in [3.05, 3.63) is 17.4 Å². The summed E-state index contributed by atoms with van der Waals surface area (Å²) in [6.45, 7) is 5.75. The summed E-state index contributed by atoms with van der Waals surface area (Å²) in [4.78, 5) is 11.5. The number of quaternary nitrogens is 1. The second-order valence-corrected chi connectivity index (χ2v) is 4.54. The van der Waals surface area contributed by atoms with Gasteiger partial charge in [0, 0.05) is 6.42 Å². The van der Waals surface area contributed by atoms with E-state index in [-0.39, 0.29) is 13.1 Å². The Labute approximate surface area is 84.3 Å². The van der Waals surface area contributed by atoms with Crippen LogP contribution >= 0.6 is 0 Å². The standard InChI is InChI=1S/C10H17NO3/c1-10(2,3)14-9(12)11(13)7-5-4-6-8-11/h4-5H,6-8H2,1-3H3. The maximum absolute atomic E-state index is 11.9.